The van der Waals surface area contributed by atoms with Crippen molar-refractivity contribution in [1.29, 1.82) is 5.26 Å². The van der Waals surface area contributed by atoms with E-state index in [-0.39, 0.29) is 0 Å². The molecule has 1 N–H and O–H groups in total. The Morgan fingerprint density at radius 3 is 2.62 bits per heavy atom. The molecular formula is C18H20N4OS. The maximum Gasteiger partial charge on any atom is 0.190 e. The average molecular weight is 340 g/mol. The first kappa shape index (κ1) is 16.6. The van der Waals surface area contributed by atoms with E-state index in [1.807, 2.05) is 24.3 Å². The van der Waals surface area contributed by atoms with E-state index in [4.69, 9.17) is 4.74 Å². The lowest BCUT2D eigenvalue weighted by atomic mass is 10.1. The second-order valence-corrected chi connectivity index (χ2v) is 6.75. The molecule has 1 saturated carbocycles. The number of aromatic nitrogens is 2. The lowest BCUT2D eigenvalue weighted by Gasteiger charge is -2.12. The summed E-state index contributed by atoms with van der Waals surface area (Å²) in [4.78, 5) is 9.22. The Hall–Kier alpha value is -2.26. The van der Waals surface area contributed by atoms with E-state index in [0.717, 1.165) is 36.3 Å². The summed E-state index contributed by atoms with van der Waals surface area (Å²) in [6.45, 7) is 2.13. The van der Waals surface area contributed by atoms with Gasteiger partial charge in [0.25, 0.3) is 0 Å². The monoisotopic (exact) mass is 340 g/mol. The van der Waals surface area contributed by atoms with Crippen LogP contribution in [0, 0.1) is 11.3 Å². The summed E-state index contributed by atoms with van der Waals surface area (Å²) >= 11 is 1.62. The van der Waals surface area contributed by atoms with E-state index in [0.29, 0.717) is 28.3 Å². The Kier molecular flexibility index (Phi) is 5.21. The van der Waals surface area contributed by atoms with E-state index in [1.165, 1.54) is 0 Å². The fourth-order valence-corrected chi connectivity index (χ4v) is 2.99. The van der Waals surface area contributed by atoms with Gasteiger partial charge in [-0.3, -0.25) is 0 Å². The molecule has 0 aliphatic heterocycles. The minimum Gasteiger partial charge on any atom is -0.497 e. The molecule has 1 aromatic carbocycles. The maximum absolute atomic E-state index is 9.66. The molecule has 0 atom stereocenters. The van der Waals surface area contributed by atoms with Crippen molar-refractivity contribution in [3.63, 3.8) is 0 Å². The third-order valence-corrected chi connectivity index (χ3v) is 4.77. The van der Waals surface area contributed by atoms with Crippen LogP contribution in [0.2, 0.25) is 0 Å². The molecule has 6 heteroatoms. The van der Waals surface area contributed by atoms with Crippen molar-refractivity contribution in [2.75, 3.05) is 18.2 Å². The number of methoxy groups -OCH3 is 1. The maximum atomic E-state index is 9.66. The summed E-state index contributed by atoms with van der Waals surface area (Å²) in [7, 11) is 1.64. The third-order valence-electron chi connectivity index (χ3n) is 3.72. The molecule has 0 amide bonds. The summed E-state index contributed by atoms with van der Waals surface area (Å²) in [5.41, 5.74) is 2.08. The zero-order chi connectivity index (χ0) is 16.9. The molecular weight excluding hydrogens is 320 g/mol. The summed E-state index contributed by atoms with van der Waals surface area (Å²) in [6.07, 6.45) is 3.31. The molecule has 124 valence electrons. The van der Waals surface area contributed by atoms with E-state index >= 15 is 0 Å². The molecule has 1 aromatic heterocycles. The van der Waals surface area contributed by atoms with Crippen LogP contribution in [0.4, 0.5) is 5.82 Å². The van der Waals surface area contributed by atoms with Crippen LogP contribution in [-0.2, 0) is 0 Å². The van der Waals surface area contributed by atoms with Crippen molar-refractivity contribution in [1.82, 2.24) is 9.97 Å². The Balaban J connectivity index is 2.04. The van der Waals surface area contributed by atoms with Gasteiger partial charge in [0.1, 0.15) is 23.2 Å². The minimum atomic E-state index is 0.430. The number of hydrogen-bond donors (Lipinski definition) is 1. The standard InChI is InChI=1S/C18H20N4OS/c1-3-10-24-18-21-16(12-4-8-14(23-2)9-5-12)15(11-19)17(22-18)20-13-6-7-13/h4-5,8-9,13H,3,6-7,10H2,1-2H3,(H,20,21,22). The van der Waals surface area contributed by atoms with Gasteiger partial charge in [-0.2, -0.15) is 5.26 Å². The number of nitriles is 1. The fraction of sp³-hybridized carbons (Fsp3) is 0.389. The second-order valence-electron chi connectivity index (χ2n) is 5.69. The number of benzene rings is 1. The summed E-state index contributed by atoms with van der Waals surface area (Å²) in [6, 6.07) is 10.3. The molecule has 2 aromatic rings. The lowest BCUT2D eigenvalue weighted by Crippen LogP contribution is -2.08. The normalized spacial score (nSPS) is 13.4. The first-order chi connectivity index (χ1) is 11.7. The van der Waals surface area contributed by atoms with Crippen molar-refractivity contribution in [2.45, 2.75) is 37.4 Å². The zero-order valence-corrected chi connectivity index (χ0v) is 14.7. The van der Waals surface area contributed by atoms with Crippen LogP contribution in [0.15, 0.2) is 29.4 Å². The van der Waals surface area contributed by atoms with Crippen molar-refractivity contribution in [3.8, 4) is 23.1 Å². The van der Waals surface area contributed by atoms with Gasteiger partial charge in [-0.25, -0.2) is 9.97 Å². The highest BCUT2D eigenvalue weighted by molar-refractivity contribution is 7.99. The van der Waals surface area contributed by atoms with Gasteiger partial charge in [0.05, 0.1) is 12.8 Å². The highest BCUT2D eigenvalue weighted by Crippen LogP contribution is 2.32. The van der Waals surface area contributed by atoms with Gasteiger partial charge < -0.3 is 10.1 Å². The van der Waals surface area contributed by atoms with Gasteiger partial charge in [0.2, 0.25) is 0 Å². The molecule has 5 nitrogen and oxygen atoms in total. The quantitative estimate of drug-likeness (QED) is 0.604. The van der Waals surface area contributed by atoms with Crippen LogP contribution in [-0.4, -0.2) is 28.9 Å². The largest absolute Gasteiger partial charge is 0.497 e. The molecule has 0 unspecified atom stereocenters. The van der Waals surface area contributed by atoms with Crippen LogP contribution < -0.4 is 10.1 Å². The SMILES string of the molecule is CCCSc1nc(NC2CC2)c(C#N)c(-c2ccc(OC)cc2)n1. The minimum absolute atomic E-state index is 0.430. The van der Waals surface area contributed by atoms with Gasteiger partial charge in [-0.05, 0) is 43.5 Å². The Bertz CT molecular complexity index is 751. The molecule has 0 saturated heterocycles. The van der Waals surface area contributed by atoms with Crippen molar-refractivity contribution in [2.24, 2.45) is 0 Å². The molecule has 0 radical (unpaired) electrons. The van der Waals surface area contributed by atoms with Gasteiger partial charge >= 0.3 is 0 Å². The Morgan fingerprint density at radius 1 is 1.29 bits per heavy atom. The van der Waals surface area contributed by atoms with Crippen LogP contribution in [0.25, 0.3) is 11.3 Å². The van der Waals surface area contributed by atoms with Crippen LogP contribution >= 0.6 is 11.8 Å². The highest BCUT2D eigenvalue weighted by atomic mass is 32.2. The molecule has 1 aliphatic carbocycles. The van der Waals surface area contributed by atoms with E-state index in [2.05, 4.69) is 28.3 Å². The number of ether oxygens (including phenoxy) is 1. The summed E-state index contributed by atoms with van der Waals surface area (Å²) < 4.78 is 5.21. The van der Waals surface area contributed by atoms with Crippen LogP contribution in [0.3, 0.4) is 0 Å². The van der Waals surface area contributed by atoms with Crippen molar-refractivity contribution < 1.29 is 4.74 Å². The number of hydrogen-bond acceptors (Lipinski definition) is 6. The fourth-order valence-electron chi connectivity index (χ4n) is 2.29. The highest BCUT2D eigenvalue weighted by Gasteiger charge is 2.25. The van der Waals surface area contributed by atoms with E-state index < -0.39 is 0 Å². The molecule has 0 bridgehead atoms. The van der Waals surface area contributed by atoms with Crippen molar-refractivity contribution >= 4 is 17.6 Å². The lowest BCUT2D eigenvalue weighted by molar-refractivity contribution is 0.415. The van der Waals surface area contributed by atoms with E-state index in [1.54, 1.807) is 18.9 Å². The number of thioether (sulfide) groups is 1. The molecule has 1 fully saturated rings. The van der Waals surface area contributed by atoms with Gasteiger partial charge in [0, 0.05) is 17.4 Å². The van der Waals surface area contributed by atoms with E-state index in [9.17, 15) is 5.26 Å². The van der Waals surface area contributed by atoms with Gasteiger partial charge in [0.15, 0.2) is 5.16 Å². The number of nitrogens with zero attached hydrogens (tertiary/aromatic N) is 3. The Labute approximate surface area is 146 Å². The zero-order valence-electron chi connectivity index (χ0n) is 13.9. The molecule has 1 heterocycles. The smallest absolute Gasteiger partial charge is 0.190 e. The third kappa shape index (κ3) is 3.80. The van der Waals surface area contributed by atoms with Gasteiger partial charge in [-0.15, -0.1) is 0 Å². The summed E-state index contributed by atoms with van der Waals surface area (Å²) in [5.74, 6) is 2.39. The Morgan fingerprint density at radius 2 is 2.04 bits per heavy atom. The summed E-state index contributed by atoms with van der Waals surface area (Å²) in [5, 5.41) is 13.7. The molecule has 1 aliphatic rings. The first-order valence-corrected chi connectivity index (χ1v) is 9.09. The topological polar surface area (TPSA) is 70.8 Å². The second kappa shape index (κ2) is 7.54. The van der Waals surface area contributed by atoms with Crippen LogP contribution in [0.1, 0.15) is 31.7 Å². The molecule has 0 spiro atoms. The predicted molar refractivity (Wildman–Crippen MR) is 96.4 cm³/mol. The van der Waals surface area contributed by atoms with Crippen LogP contribution in [0.5, 0.6) is 5.75 Å². The number of nitrogens with one attached hydrogen (secondary N) is 1. The average Bonchev–Trinajstić information content (AvgIpc) is 3.43. The predicted octanol–water partition coefficient (Wildman–Crippen LogP) is 4.10. The van der Waals surface area contributed by atoms with Gasteiger partial charge in [-0.1, -0.05) is 18.7 Å². The molecule has 3 rings (SSSR count). The number of rotatable bonds is 7. The number of anilines is 1. The van der Waals surface area contributed by atoms with Crippen molar-refractivity contribution in [3.05, 3.63) is 29.8 Å². The first-order valence-electron chi connectivity index (χ1n) is 8.11. The molecule has 24 heavy (non-hydrogen) atoms.